The molecule has 10 rings (SSSR count). The molecule has 6 aliphatic heterocycles. The molecule has 0 aromatic rings. The van der Waals surface area contributed by atoms with Crippen LogP contribution in [0.1, 0.15) is 86.0 Å². The third kappa shape index (κ3) is 9.33. The molecular weight excluding hydrogens is 993 g/mol. The van der Waals surface area contributed by atoms with Crippen molar-refractivity contribution < 1.29 is 114 Å². The third-order valence-electron chi connectivity index (χ3n) is 20.8. The fourth-order valence-electron chi connectivity index (χ4n) is 16.1. The highest BCUT2D eigenvalue weighted by atomic mass is 16.8. The lowest BCUT2D eigenvalue weighted by atomic mass is 9.39. The summed E-state index contributed by atoms with van der Waals surface area (Å²) >= 11 is 0. The lowest BCUT2D eigenvalue weighted by Gasteiger charge is -2.66. The van der Waals surface area contributed by atoms with Crippen molar-refractivity contribution in [2.75, 3.05) is 33.0 Å². The zero-order valence-corrected chi connectivity index (χ0v) is 43.5. The number of aliphatic hydroxyl groups excluding tert-OH is 13. The van der Waals surface area contributed by atoms with Crippen LogP contribution < -0.4 is 0 Å². The number of hydrogen-bond donors (Lipinski definition) is 13. The summed E-state index contributed by atoms with van der Waals surface area (Å²) in [7, 11) is 0. The Morgan fingerprint density at radius 2 is 1.19 bits per heavy atom. The van der Waals surface area contributed by atoms with Crippen LogP contribution in [0, 0.1) is 51.8 Å². The molecule has 10 aliphatic rings. The maximum absolute atomic E-state index is 12.1. The Hall–Kier alpha value is -1.18. The van der Waals surface area contributed by atoms with Crippen LogP contribution in [-0.2, 0) is 47.4 Å². The van der Waals surface area contributed by atoms with Crippen molar-refractivity contribution in [2.24, 2.45) is 51.8 Å². The van der Waals surface area contributed by atoms with Gasteiger partial charge in [-0.15, -0.1) is 0 Å². The third-order valence-corrected chi connectivity index (χ3v) is 20.8. The van der Waals surface area contributed by atoms with Crippen molar-refractivity contribution in [3.63, 3.8) is 0 Å². The van der Waals surface area contributed by atoms with Crippen molar-refractivity contribution in [3.8, 4) is 0 Å². The average molecular weight is 1080 g/mol. The van der Waals surface area contributed by atoms with E-state index in [0.29, 0.717) is 43.1 Å². The van der Waals surface area contributed by atoms with Gasteiger partial charge in [-0.1, -0.05) is 46.8 Å². The standard InChI is InChI=1S/C52H84O23/c1-20-7-10-52(67-18-20)22(3)33-28(75-52)12-25-23-8-9-49(4)14-29(26(56)13-50(49,5)24(23)11-21(2)51(25,33)6)68-46-40(64)37(61)42(31(16-54)70-46)73-48-44(74-47-39(63)36(60)35(59)30(15-53)69-47)41(65)43(32(17-55)71-48)72-45-38(62)34(58)27(57)19-66-45/h20,22-48,53-65H,2,7-19H2,1,3-6H3/t20-,22?,23?,24?,25?,26-,27-,28?,29-,30-,31-,32-,33?,34+,35-,36+,37-,38-,39-,40-,41+,42+,43-,44-,45+,46-,47+,48+,49+,50-,51+,52-/m1/s1. The monoisotopic (exact) mass is 1080 g/mol. The van der Waals surface area contributed by atoms with Crippen molar-refractivity contribution in [3.05, 3.63) is 12.2 Å². The maximum Gasteiger partial charge on any atom is 0.187 e. The molecule has 23 nitrogen and oxygen atoms in total. The van der Waals surface area contributed by atoms with Gasteiger partial charge in [0.2, 0.25) is 0 Å². The highest BCUT2D eigenvalue weighted by molar-refractivity contribution is 5.29. The van der Waals surface area contributed by atoms with Gasteiger partial charge >= 0.3 is 0 Å². The summed E-state index contributed by atoms with van der Waals surface area (Å²) in [4.78, 5) is 0. The average Bonchev–Trinajstić information content (AvgIpc) is 3.90. The van der Waals surface area contributed by atoms with Gasteiger partial charge in [0.1, 0.15) is 91.6 Å². The van der Waals surface area contributed by atoms with Crippen LogP contribution in [0.2, 0.25) is 0 Å². The maximum atomic E-state index is 12.1. The molecule has 75 heavy (non-hydrogen) atoms. The molecule has 0 aromatic carbocycles. The van der Waals surface area contributed by atoms with E-state index in [1.165, 1.54) is 5.57 Å². The quantitative estimate of drug-likeness (QED) is 0.0737. The zero-order chi connectivity index (χ0) is 54.0. The predicted octanol–water partition coefficient (Wildman–Crippen LogP) is -2.74. The molecular formula is C52H84O23. The molecule has 6 heterocycles. The Bertz CT molecular complexity index is 1990. The van der Waals surface area contributed by atoms with E-state index in [1.807, 2.05) is 0 Å². The molecule has 13 N–H and O–H groups in total. The number of hydrogen-bond acceptors (Lipinski definition) is 23. The molecule has 10 fully saturated rings. The molecule has 0 bridgehead atoms. The molecule has 0 radical (unpaired) electrons. The van der Waals surface area contributed by atoms with Crippen LogP contribution in [0.4, 0.5) is 0 Å². The van der Waals surface area contributed by atoms with Crippen LogP contribution in [-0.4, -0.2) is 240 Å². The van der Waals surface area contributed by atoms with Crippen molar-refractivity contribution in [2.45, 2.75) is 227 Å². The van der Waals surface area contributed by atoms with Gasteiger partial charge in [-0.05, 0) is 84.9 Å². The van der Waals surface area contributed by atoms with E-state index >= 15 is 0 Å². The van der Waals surface area contributed by atoms with E-state index < -0.39 is 161 Å². The summed E-state index contributed by atoms with van der Waals surface area (Å²) in [6.45, 7) is 13.9. The fraction of sp³-hybridized carbons (Fsp3) is 0.962. The van der Waals surface area contributed by atoms with Crippen molar-refractivity contribution in [1.82, 2.24) is 0 Å². The summed E-state index contributed by atoms with van der Waals surface area (Å²) in [6, 6.07) is 0. The Morgan fingerprint density at radius 3 is 1.85 bits per heavy atom. The summed E-state index contributed by atoms with van der Waals surface area (Å²) in [5.74, 6) is 1.48. The van der Waals surface area contributed by atoms with E-state index in [2.05, 4.69) is 34.6 Å². The minimum Gasteiger partial charge on any atom is -0.394 e. The molecule has 6 unspecified atom stereocenters. The van der Waals surface area contributed by atoms with Crippen molar-refractivity contribution in [1.29, 1.82) is 0 Å². The van der Waals surface area contributed by atoms with E-state index in [0.717, 1.165) is 38.5 Å². The first-order chi connectivity index (χ1) is 35.4. The fourth-order valence-corrected chi connectivity index (χ4v) is 16.1. The van der Waals surface area contributed by atoms with Gasteiger partial charge in [-0.3, -0.25) is 0 Å². The lowest BCUT2D eigenvalue weighted by Crippen LogP contribution is -2.68. The lowest BCUT2D eigenvalue weighted by molar-refractivity contribution is -0.401. The van der Waals surface area contributed by atoms with E-state index in [4.69, 9.17) is 53.9 Å². The molecule has 1 spiro atoms. The van der Waals surface area contributed by atoms with Crippen molar-refractivity contribution >= 4 is 0 Å². The van der Waals surface area contributed by atoms with Crippen LogP contribution in [0.3, 0.4) is 0 Å². The van der Waals surface area contributed by atoms with E-state index in [1.54, 1.807) is 0 Å². The summed E-state index contributed by atoms with van der Waals surface area (Å²) < 4.78 is 61.0. The number of aliphatic hydroxyl groups is 13. The summed E-state index contributed by atoms with van der Waals surface area (Å²) in [5, 5.41) is 142. The second-order valence-electron chi connectivity index (χ2n) is 24.8. The van der Waals surface area contributed by atoms with Gasteiger partial charge in [-0.2, -0.15) is 0 Å². The first-order valence-electron chi connectivity index (χ1n) is 27.3. The molecule has 430 valence electrons. The van der Waals surface area contributed by atoms with Gasteiger partial charge in [0.25, 0.3) is 0 Å². The molecule has 0 amide bonds. The Balaban J connectivity index is 0.831. The Labute approximate surface area is 436 Å². The first-order valence-corrected chi connectivity index (χ1v) is 27.3. The molecule has 23 heteroatoms. The van der Waals surface area contributed by atoms with Gasteiger partial charge in [0, 0.05) is 18.3 Å². The van der Waals surface area contributed by atoms with Crippen LogP contribution in [0.5, 0.6) is 0 Å². The normalized spacial score (nSPS) is 58.0. The number of fused-ring (bicyclic) bond motifs is 7. The predicted molar refractivity (Wildman–Crippen MR) is 253 cm³/mol. The smallest absolute Gasteiger partial charge is 0.187 e. The molecule has 6 saturated heterocycles. The largest absolute Gasteiger partial charge is 0.394 e. The number of rotatable bonds is 11. The van der Waals surface area contributed by atoms with Gasteiger partial charge in [0.05, 0.1) is 51.3 Å². The van der Waals surface area contributed by atoms with Crippen LogP contribution in [0.25, 0.3) is 0 Å². The van der Waals surface area contributed by atoms with E-state index in [-0.39, 0.29) is 34.2 Å². The highest BCUT2D eigenvalue weighted by Crippen LogP contribution is 2.74. The second-order valence-corrected chi connectivity index (χ2v) is 24.8. The number of allylic oxidation sites excluding steroid dienone is 1. The SMILES string of the molecule is C=C1CC2C(CC[C@@]3(C)C[C@@H](O[C@@H]4O[C@H](CO)[C@H](O[C@@H]5O[C@H](CO)[C@@H](O[C@@H]6OC[C@@H](O)[C@H](O)[C@H]6O)[C@H](O)[C@H]5O[C@@H]5O[C@H](CO)[C@@H](O)[C@H](O)[C@H]5O)[C@H](O)[C@H]4O)[C@H](O)C[C@]23C)C2CC3O[C@]4(CC[C@@H](C)CO4)C(C)C3[C@@]12C. The molecule has 4 saturated carbocycles. The van der Waals surface area contributed by atoms with Gasteiger partial charge < -0.3 is 114 Å². The zero-order valence-electron chi connectivity index (χ0n) is 43.5. The Kier molecular flexibility index (Phi) is 16.2. The second kappa shape index (κ2) is 21.3. The molecule has 32 atom stereocenters. The highest BCUT2D eigenvalue weighted by Gasteiger charge is 2.72. The summed E-state index contributed by atoms with van der Waals surface area (Å²) in [5.41, 5.74) is 0.471. The summed E-state index contributed by atoms with van der Waals surface area (Å²) in [6.07, 6.45) is -29.0. The van der Waals surface area contributed by atoms with E-state index in [9.17, 15) is 66.4 Å². The molecule has 4 aliphatic carbocycles. The topological polar surface area (TPSA) is 355 Å². The van der Waals surface area contributed by atoms with Crippen LogP contribution in [0.15, 0.2) is 12.2 Å². The Morgan fingerprint density at radius 1 is 0.587 bits per heavy atom. The molecule has 0 aromatic heterocycles. The van der Waals surface area contributed by atoms with Gasteiger partial charge in [-0.25, -0.2) is 0 Å². The first kappa shape index (κ1) is 57.1. The minimum absolute atomic E-state index is 0.0865. The van der Waals surface area contributed by atoms with Crippen LogP contribution >= 0.6 is 0 Å². The number of ether oxygens (including phenoxy) is 10. The minimum atomic E-state index is -2.02. The van der Waals surface area contributed by atoms with Gasteiger partial charge in [0.15, 0.2) is 30.9 Å².